The molecular weight excluding hydrogens is 352 g/mol. The summed E-state index contributed by atoms with van der Waals surface area (Å²) in [6.45, 7) is 16.8. The van der Waals surface area contributed by atoms with Gasteiger partial charge in [-0.25, -0.2) is 0 Å². The highest BCUT2D eigenvalue weighted by Gasteiger charge is 2.23. The monoisotopic (exact) mass is 392 g/mol. The molecule has 1 aromatic rings. The van der Waals surface area contributed by atoms with E-state index in [4.69, 9.17) is 0 Å². The molecule has 1 aromatic carbocycles. The molecule has 0 aliphatic rings. The Morgan fingerprint density at radius 1 is 0.714 bits per heavy atom. The average Bonchev–Trinajstić information content (AvgIpc) is 2.65. The van der Waals surface area contributed by atoms with E-state index in [1.54, 1.807) is 0 Å². The summed E-state index contributed by atoms with van der Waals surface area (Å²) in [6, 6.07) is 3.89. The number of anilines is 2. The van der Waals surface area contributed by atoms with Crippen molar-refractivity contribution in [2.45, 2.75) is 41.5 Å². The van der Waals surface area contributed by atoms with E-state index in [-0.39, 0.29) is 11.8 Å². The highest BCUT2D eigenvalue weighted by atomic mass is 16.2. The quantitative estimate of drug-likeness (QED) is 0.601. The molecule has 0 aromatic heterocycles. The van der Waals surface area contributed by atoms with Crippen LogP contribution >= 0.6 is 0 Å². The maximum atomic E-state index is 12.6. The van der Waals surface area contributed by atoms with Gasteiger partial charge in [0.2, 0.25) is 0 Å². The van der Waals surface area contributed by atoms with Gasteiger partial charge in [0.15, 0.2) is 13.1 Å². The molecule has 1 rings (SSSR count). The third-order valence-corrected chi connectivity index (χ3v) is 6.22. The van der Waals surface area contributed by atoms with E-state index < -0.39 is 0 Å². The Bertz CT molecular complexity index is 637. The van der Waals surface area contributed by atoms with Crippen molar-refractivity contribution in [2.24, 2.45) is 0 Å². The van der Waals surface area contributed by atoms with Crippen molar-refractivity contribution in [3.8, 4) is 0 Å². The lowest BCUT2D eigenvalue weighted by Crippen LogP contribution is -2.48. The Morgan fingerprint density at radius 3 is 1.32 bits per heavy atom. The molecule has 6 heteroatoms. The summed E-state index contributed by atoms with van der Waals surface area (Å²) in [5, 5.41) is 6.07. The van der Waals surface area contributed by atoms with Crippen molar-refractivity contribution >= 4 is 23.2 Å². The van der Waals surface area contributed by atoms with Crippen LogP contribution in [0.25, 0.3) is 0 Å². The van der Waals surface area contributed by atoms with Crippen LogP contribution in [0.1, 0.15) is 38.8 Å². The largest absolute Gasteiger partial charge is 0.321 e. The third kappa shape index (κ3) is 6.60. The number of carbonyl (C=O) groups excluding carboxylic acids is 2. The highest BCUT2D eigenvalue weighted by molar-refractivity contribution is 5.96. The fraction of sp³-hybridized carbons (Fsp3) is 0.636. The molecule has 0 radical (unpaired) electrons. The lowest BCUT2D eigenvalue weighted by atomic mass is 10.1. The van der Waals surface area contributed by atoms with E-state index in [9.17, 15) is 9.59 Å². The molecule has 0 spiro atoms. The molecule has 2 N–H and O–H groups in total. The van der Waals surface area contributed by atoms with Crippen LogP contribution in [0.2, 0.25) is 0 Å². The fourth-order valence-electron chi connectivity index (χ4n) is 3.09. The SMILES string of the molecule is CC[N+](C)(CC)CC(=O)Nc1cc(NC(=O)C[N+](C)(CC)CC)c(C)cc1C. The summed E-state index contributed by atoms with van der Waals surface area (Å²) in [5.41, 5.74) is 3.50. The zero-order chi connectivity index (χ0) is 21.5. The molecule has 0 atom stereocenters. The van der Waals surface area contributed by atoms with Crippen molar-refractivity contribution < 1.29 is 18.6 Å². The minimum Gasteiger partial charge on any atom is -0.321 e. The Hall–Kier alpha value is -1.92. The third-order valence-electron chi connectivity index (χ3n) is 6.22. The van der Waals surface area contributed by atoms with Crippen molar-refractivity contribution in [3.05, 3.63) is 23.3 Å². The molecule has 0 heterocycles. The van der Waals surface area contributed by atoms with E-state index in [2.05, 4.69) is 52.4 Å². The van der Waals surface area contributed by atoms with E-state index in [0.717, 1.165) is 48.7 Å². The molecule has 2 amide bonds. The topological polar surface area (TPSA) is 58.2 Å². The summed E-state index contributed by atoms with van der Waals surface area (Å²) < 4.78 is 1.40. The summed E-state index contributed by atoms with van der Waals surface area (Å²) >= 11 is 0. The second kappa shape index (κ2) is 10.0. The predicted molar refractivity (Wildman–Crippen MR) is 117 cm³/mol. The van der Waals surface area contributed by atoms with Gasteiger partial charge < -0.3 is 19.6 Å². The van der Waals surface area contributed by atoms with Crippen LogP contribution in [0.4, 0.5) is 11.4 Å². The molecule has 0 bridgehead atoms. The number of quaternary nitrogens is 2. The summed E-state index contributed by atoms with van der Waals surface area (Å²) in [4.78, 5) is 25.1. The lowest BCUT2D eigenvalue weighted by molar-refractivity contribution is -0.898. The summed E-state index contributed by atoms with van der Waals surface area (Å²) in [6.07, 6.45) is 0. The van der Waals surface area contributed by atoms with E-state index in [1.807, 2.05) is 26.0 Å². The number of aryl methyl sites for hydroxylation is 2. The predicted octanol–water partition coefficient (Wildman–Crippen LogP) is 3.15. The van der Waals surface area contributed by atoms with Crippen LogP contribution in [0.3, 0.4) is 0 Å². The molecular formula is C22H40N4O2+2. The van der Waals surface area contributed by atoms with E-state index in [1.165, 1.54) is 0 Å². The summed E-state index contributed by atoms with van der Waals surface area (Å²) in [7, 11) is 4.17. The zero-order valence-electron chi connectivity index (χ0n) is 19.1. The van der Waals surface area contributed by atoms with E-state index >= 15 is 0 Å². The first-order chi connectivity index (χ1) is 13.0. The lowest BCUT2D eigenvalue weighted by Gasteiger charge is -2.31. The second-order valence-electron chi connectivity index (χ2n) is 8.40. The van der Waals surface area contributed by atoms with Gasteiger partial charge in [-0.05, 0) is 58.7 Å². The Kier molecular flexibility index (Phi) is 8.64. The number of carbonyl (C=O) groups is 2. The highest BCUT2D eigenvalue weighted by Crippen LogP contribution is 2.25. The Balaban J connectivity index is 2.95. The first-order valence-electron chi connectivity index (χ1n) is 10.4. The number of hydrogen-bond acceptors (Lipinski definition) is 2. The maximum Gasteiger partial charge on any atom is 0.279 e. The maximum absolute atomic E-state index is 12.6. The molecule has 6 nitrogen and oxygen atoms in total. The van der Waals surface area contributed by atoms with Gasteiger partial charge in [0.25, 0.3) is 11.8 Å². The number of amides is 2. The van der Waals surface area contributed by atoms with Gasteiger partial charge in [0.05, 0.1) is 40.3 Å². The van der Waals surface area contributed by atoms with Gasteiger partial charge in [-0.2, -0.15) is 0 Å². The van der Waals surface area contributed by atoms with Gasteiger partial charge in [0.1, 0.15) is 0 Å². The average molecular weight is 393 g/mol. The molecule has 28 heavy (non-hydrogen) atoms. The van der Waals surface area contributed by atoms with Crippen molar-refractivity contribution in [1.82, 2.24) is 0 Å². The molecule has 0 fully saturated rings. The minimum atomic E-state index is -0.00311. The number of likely N-dealkylation sites (N-methyl/N-ethyl adjacent to an activating group) is 2. The van der Waals surface area contributed by atoms with Gasteiger partial charge >= 0.3 is 0 Å². The van der Waals surface area contributed by atoms with Gasteiger partial charge in [0, 0.05) is 11.4 Å². The molecule has 0 saturated carbocycles. The number of nitrogens with zero attached hydrogens (tertiary/aromatic N) is 2. The molecule has 0 aliphatic heterocycles. The minimum absolute atomic E-state index is 0.00311. The van der Waals surface area contributed by atoms with Gasteiger partial charge in [-0.3, -0.25) is 9.59 Å². The Labute approximate surface area is 171 Å². The molecule has 0 unspecified atom stereocenters. The number of nitrogens with one attached hydrogen (secondary N) is 2. The van der Waals surface area contributed by atoms with Crippen LogP contribution in [0.5, 0.6) is 0 Å². The van der Waals surface area contributed by atoms with Crippen LogP contribution < -0.4 is 10.6 Å². The van der Waals surface area contributed by atoms with Crippen LogP contribution in [0.15, 0.2) is 12.1 Å². The van der Waals surface area contributed by atoms with Crippen LogP contribution in [-0.4, -0.2) is 74.1 Å². The normalized spacial score (nSPS) is 12.0. The molecule has 0 saturated heterocycles. The fourth-order valence-corrected chi connectivity index (χ4v) is 3.09. The van der Waals surface area contributed by atoms with E-state index in [0.29, 0.717) is 22.1 Å². The first-order valence-corrected chi connectivity index (χ1v) is 10.4. The molecule has 0 aliphatic carbocycles. The van der Waals surface area contributed by atoms with Gasteiger partial charge in [-0.1, -0.05) is 6.07 Å². The molecule has 158 valence electrons. The smallest absolute Gasteiger partial charge is 0.279 e. The number of rotatable bonds is 10. The van der Waals surface area contributed by atoms with Crippen molar-refractivity contribution in [2.75, 3.05) is 64.0 Å². The Morgan fingerprint density at radius 2 is 1.04 bits per heavy atom. The second-order valence-corrected chi connectivity index (χ2v) is 8.40. The standard InChI is InChI=1S/C22H38N4O2/c1-9-25(7,10-2)15-21(27)23-19-14-20(18(6)13-17(19)5)24-22(28)16-26(8,11-3)12-4/h13-14H,9-12,15-16H2,1-8H3/p+2. The van der Waals surface area contributed by atoms with Crippen molar-refractivity contribution in [3.63, 3.8) is 0 Å². The van der Waals surface area contributed by atoms with Crippen molar-refractivity contribution in [1.29, 1.82) is 0 Å². The zero-order valence-corrected chi connectivity index (χ0v) is 19.1. The number of hydrogen-bond donors (Lipinski definition) is 2. The van der Waals surface area contributed by atoms with Gasteiger partial charge in [-0.15, -0.1) is 0 Å². The first kappa shape index (κ1) is 24.1. The van der Waals surface area contributed by atoms with Crippen LogP contribution in [-0.2, 0) is 9.59 Å². The van der Waals surface area contributed by atoms with Crippen LogP contribution in [0, 0.1) is 13.8 Å². The summed E-state index contributed by atoms with van der Waals surface area (Å²) in [5.74, 6) is -0.00623. The number of benzene rings is 1.